The monoisotopic (exact) mass is 250 g/mol. The van der Waals surface area contributed by atoms with E-state index in [1.165, 1.54) is 0 Å². The maximum absolute atomic E-state index is 12.1. The van der Waals surface area contributed by atoms with Crippen LogP contribution >= 0.6 is 15.9 Å². The van der Waals surface area contributed by atoms with Gasteiger partial charge in [-0.1, -0.05) is 0 Å². The third-order valence-corrected chi connectivity index (χ3v) is 2.25. The second kappa shape index (κ2) is 3.78. The molecule has 70 valence electrons. The molecule has 1 aromatic heterocycles. The number of hydrogen-bond donors (Lipinski definition) is 1. The van der Waals surface area contributed by atoms with Crippen LogP contribution in [0.5, 0.6) is 0 Å². The Morgan fingerprint density at radius 2 is 2.23 bits per heavy atom. The Hall–Kier alpha value is -1.04. The molecule has 0 saturated carbocycles. The normalized spacial score (nSPS) is 10.5. The third-order valence-electron chi connectivity index (χ3n) is 1.38. The molecule has 0 unspecified atom stereocenters. The van der Waals surface area contributed by atoms with E-state index in [1.54, 1.807) is 0 Å². The van der Waals surface area contributed by atoms with E-state index in [9.17, 15) is 13.6 Å². The molecule has 0 fully saturated rings. The first-order valence-electron chi connectivity index (χ1n) is 3.25. The molecule has 0 spiro atoms. The zero-order valence-electron chi connectivity index (χ0n) is 6.30. The van der Waals surface area contributed by atoms with Gasteiger partial charge >= 0.3 is 0 Å². The van der Waals surface area contributed by atoms with Crippen molar-refractivity contribution in [3.05, 3.63) is 21.8 Å². The summed E-state index contributed by atoms with van der Waals surface area (Å²) < 4.78 is 24.5. The summed E-state index contributed by atoms with van der Waals surface area (Å²) in [5.74, 6) is -0.111. The summed E-state index contributed by atoms with van der Waals surface area (Å²) in [6.45, 7) is 0. The van der Waals surface area contributed by atoms with Crippen LogP contribution in [-0.2, 0) is 0 Å². The number of anilines is 1. The van der Waals surface area contributed by atoms with Crippen LogP contribution in [0.4, 0.5) is 14.6 Å². The number of alkyl halides is 2. The number of halogens is 3. The van der Waals surface area contributed by atoms with Crippen LogP contribution in [-0.4, -0.2) is 11.3 Å². The molecule has 0 atom stereocenters. The second-order valence-electron chi connectivity index (χ2n) is 2.25. The number of carbonyl (C=O) groups is 1. The molecule has 6 heteroatoms. The van der Waals surface area contributed by atoms with Gasteiger partial charge < -0.3 is 5.73 Å². The average molecular weight is 251 g/mol. The van der Waals surface area contributed by atoms with Gasteiger partial charge in [0.15, 0.2) is 6.29 Å². The van der Waals surface area contributed by atoms with Crippen molar-refractivity contribution in [1.82, 2.24) is 4.98 Å². The number of carbonyl (C=O) groups excluding carboxylic acids is 1. The van der Waals surface area contributed by atoms with E-state index in [4.69, 9.17) is 5.73 Å². The number of aromatic nitrogens is 1. The van der Waals surface area contributed by atoms with E-state index in [2.05, 4.69) is 20.9 Å². The van der Waals surface area contributed by atoms with Crippen molar-refractivity contribution in [2.45, 2.75) is 6.43 Å². The van der Waals surface area contributed by atoms with Crippen LogP contribution in [0.3, 0.4) is 0 Å². The van der Waals surface area contributed by atoms with Gasteiger partial charge in [-0.3, -0.25) is 4.79 Å². The van der Waals surface area contributed by atoms with Crippen LogP contribution in [0, 0.1) is 0 Å². The number of rotatable bonds is 2. The summed E-state index contributed by atoms with van der Waals surface area (Å²) in [6.07, 6.45) is -2.29. The van der Waals surface area contributed by atoms with E-state index in [1.807, 2.05) is 0 Å². The largest absolute Gasteiger partial charge is 0.383 e. The van der Waals surface area contributed by atoms with E-state index in [-0.39, 0.29) is 15.9 Å². The quantitative estimate of drug-likeness (QED) is 0.819. The van der Waals surface area contributed by atoms with Crippen LogP contribution in [0.15, 0.2) is 10.5 Å². The molecule has 1 aromatic rings. The van der Waals surface area contributed by atoms with Crippen molar-refractivity contribution in [1.29, 1.82) is 0 Å². The van der Waals surface area contributed by atoms with Crippen molar-refractivity contribution in [2.24, 2.45) is 0 Å². The molecule has 0 aliphatic rings. The standard InChI is InChI=1S/C7H5BrF2N2O/c8-5-3(2-13)1-4(6(9)10)12-7(5)11/h1-2,6H,(H2,11,12). The molecule has 0 saturated heterocycles. The van der Waals surface area contributed by atoms with Crippen LogP contribution in [0.1, 0.15) is 22.5 Å². The minimum absolute atomic E-state index is 0.0720. The number of hydrogen-bond acceptors (Lipinski definition) is 3. The molecule has 0 aliphatic carbocycles. The summed E-state index contributed by atoms with van der Waals surface area (Å²) in [5.41, 5.74) is 4.86. The lowest BCUT2D eigenvalue weighted by Crippen LogP contribution is -2.00. The van der Waals surface area contributed by atoms with Gasteiger partial charge in [0.1, 0.15) is 11.5 Å². The molecule has 0 aliphatic heterocycles. The predicted molar refractivity (Wildman–Crippen MR) is 46.7 cm³/mol. The summed E-state index contributed by atoms with van der Waals surface area (Å²) in [6, 6.07) is 0.998. The maximum Gasteiger partial charge on any atom is 0.280 e. The predicted octanol–water partition coefficient (Wildman–Crippen LogP) is 2.18. The van der Waals surface area contributed by atoms with Gasteiger partial charge in [-0.2, -0.15) is 0 Å². The van der Waals surface area contributed by atoms with Gasteiger partial charge in [0.25, 0.3) is 6.43 Å². The molecule has 0 bridgehead atoms. The third kappa shape index (κ3) is 2.00. The Bertz CT molecular complexity index is 344. The number of nitrogen functional groups attached to an aromatic ring is 1. The fourth-order valence-electron chi connectivity index (χ4n) is 0.789. The first kappa shape index (κ1) is 10.0. The Balaban J connectivity index is 3.30. The molecule has 0 radical (unpaired) electrons. The maximum atomic E-state index is 12.1. The number of pyridine rings is 1. The minimum Gasteiger partial charge on any atom is -0.383 e. The zero-order valence-corrected chi connectivity index (χ0v) is 7.88. The van der Waals surface area contributed by atoms with Gasteiger partial charge in [-0.15, -0.1) is 0 Å². The highest BCUT2D eigenvalue weighted by Crippen LogP contribution is 2.26. The first-order chi connectivity index (χ1) is 6.06. The Morgan fingerprint density at radius 1 is 1.62 bits per heavy atom. The smallest absolute Gasteiger partial charge is 0.280 e. The molecule has 3 nitrogen and oxygen atoms in total. The number of aldehydes is 1. The van der Waals surface area contributed by atoms with E-state index in [0.717, 1.165) is 6.07 Å². The van der Waals surface area contributed by atoms with E-state index < -0.39 is 12.1 Å². The fourth-order valence-corrected chi connectivity index (χ4v) is 1.09. The molecule has 0 amide bonds. The second-order valence-corrected chi connectivity index (χ2v) is 3.05. The van der Waals surface area contributed by atoms with Crippen molar-refractivity contribution in [3.63, 3.8) is 0 Å². The van der Waals surface area contributed by atoms with E-state index in [0.29, 0.717) is 6.29 Å². The highest BCUT2D eigenvalue weighted by Gasteiger charge is 2.13. The molecule has 0 aromatic carbocycles. The Labute approximate surface area is 81.1 Å². The number of nitrogens with two attached hydrogens (primary N) is 1. The molecular formula is C7H5BrF2N2O. The van der Waals surface area contributed by atoms with Crippen molar-refractivity contribution in [3.8, 4) is 0 Å². The summed E-state index contributed by atoms with van der Waals surface area (Å²) >= 11 is 2.96. The molecular weight excluding hydrogens is 246 g/mol. The molecule has 1 heterocycles. The zero-order chi connectivity index (χ0) is 10.0. The first-order valence-corrected chi connectivity index (χ1v) is 4.04. The average Bonchev–Trinajstić information content (AvgIpc) is 2.09. The minimum atomic E-state index is -2.73. The lowest BCUT2D eigenvalue weighted by atomic mass is 10.2. The fraction of sp³-hybridized carbons (Fsp3) is 0.143. The molecule has 1 rings (SSSR count). The van der Waals surface area contributed by atoms with Crippen molar-refractivity contribution >= 4 is 28.0 Å². The van der Waals surface area contributed by atoms with Crippen LogP contribution < -0.4 is 5.73 Å². The van der Waals surface area contributed by atoms with Gasteiger partial charge in [-0.25, -0.2) is 13.8 Å². The van der Waals surface area contributed by atoms with Gasteiger partial charge in [0, 0.05) is 5.56 Å². The van der Waals surface area contributed by atoms with Crippen molar-refractivity contribution in [2.75, 3.05) is 5.73 Å². The Kier molecular flexibility index (Phi) is 2.92. The highest BCUT2D eigenvalue weighted by atomic mass is 79.9. The van der Waals surface area contributed by atoms with Gasteiger partial charge in [-0.05, 0) is 22.0 Å². The van der Waals surface area contributed by atoms with Gasteiger partial charge in [0.2, 0.25) is 0 Å². The summed E-state index contributed by atoms with van der Waals surface area (Å²) in [7, 11) is 0. The molecule has 13 heavy (non-hydrogen) atoms. The van der Waals surface area contributed by atoms with Crippen LogP contribution in [0.2, 0.25) is 0 Å². The van der Waals surface area contributed by atoms with Crippen LogP contribution in [0.25, 0.3) is 0 Å². The topological polar surface area (TPSA) is 56.0 Å². The highest BCUT2D eigenvalue weighted by molar-refractivity contribution is 9.10. The number of nitrogens with zero attached hydrogens (tertiary/aromatic N) is 1. The summed E-state index contributed by atoms with van der Waals surface area (Å²) in [4.78, 5) is 13.8. The molecule has 2 N–H and O–H groups in total. The van der Waals surface area contributed by atoms with Gasteiger partial charge in [0.05, 0.1) is 4.47 Å². The Morgan fingerprint density at radius 3 is 2.69 bits per heavy atom. The summed E-state index contributed by atoms with van der Waals surface area (Å²) in [5, 5.41) is 0. The lowest BCUT2D eigenvalue weighted by Gasteiger charge is -2.04. The lowest BCUT2D eigenvalue weighted by molar-refractivity contribution is 0.112. The van der Waals surface area contributed by atoms with E-state index >= 15 is 0 Å². The SMILES string of the molecule is Nc1nc(C(F)F)cc(C=O)c1Br. The van der Waals surface area contributed by atoms with Crippen molar-refractivity contribution < 1.29 is 13.6 Å².